The molecule has 0 bridgehead atoms. The van der Waals surface area contributed by atoms with E-state index in [0.29, 0.717) is 66.5 Å². The number of non-ortho nitro benzene ring substituents is 1. The first kappa shape index (κ1) is 54.6. The first-order valence-electron chi connectivity index (χ1n) is 26.3. The van der Waals surface area contributed by atoms with Gasteiger partial charge in [0.1, 0.15) is 30.4 Å². The van der Waals surface area contributed by atoms with Crippen molar-refractivity contribution in [2.24, 2.45) is 22.9 Å². The molecule has 0 spiro atoms. The number of ether oxygens (including phenoxy) is 6. The van der Waals surface area contributed by atoms with E-state index in [1.54, 1.807) is 30.3 Å². The number of aliphatic hydroxyl groups is 2. The van der Waals surface area contributed by atoms with Crippen molar-refractivity contribution in [3.05, 3.63) is 106 Å². The molecule has 17 nitrogen and oxygen atoms in total. The van der Waals surface area contributed by atoms with Crippen LogP contribution >= 0.6 is 0 Å². The smallest absolute Gasteiger partial charge is 0.416 e. The molecule has 3 N–H and O–H groups in total. The molecule has 1 saturated carbocycles. The average Bonchev–Trinajstić information content (AvgIpc) is 3.86. The molecule has 7 rings (SSSR count). The van der Waals surface area contributed by atoms with E-state index < -0.39 is 40.8 Å². The highest BCUT2D eigenvalue weighted by Gasteiger charge is 2.66. The van der Waals surface area contributed by atoms with E-state index >= 15 is 4.79 Å². The molecule has 4 aliphatic rings. The van der Waals surface area contributed by atoms with Crippen molar-refractivity contribution in [1.82, 2.24) is 10.2 Å². The number of carbonyl (C=O) groups is 2. The molecular weight excluding hydrogens is 937 g/mol. The van der Waals surface area contributed by atoms with Crippen molar-refractivity contribution in [3.8, 4) is 28.7 Å². The molecule has 73 heavy (non-hydrogen) atoms. The molecule has 1 fully saturated rings. The summed E-state index contributed by atoms with van der Waals surface area (Å²) in [6, 6.07) is 15.0. The zero-order valence-corrected chi connectivity index (χ0v) is 42.5. The van der Waals surface area contributed by atoms with Crippen molar-refractivity contribution < 1.29 is 58.0 Å². The minimum atomic E-state index is -1.64. The number of hydrogen-bond acceptors (Lipinski definition) is 14. The largest absolute Gasteiger partial charge is 0.459 e. The normalized spacial score (nSPS) is 21.8. The van der Waals surface area contributed by atoms with E-state index in [2.05, 4.69) is 30.1 Å². The number of aliphatic hydroxyl groups excluding tert-OH is 2. The van der Waals surface area contributed by atoms with Crippen molar-refractivity contribution in [2.45, 2.75) is 140 Å². The van der Waals surface area contributed by atoms with Gasteiger partial charge in [-0.3, -0.25) is 15.0 Å². The molecule has 2 aliphatic heterocycles. The van der Waals surface area contributed by atoms with E-state index in [0.717, 1.165) is 43.2 Å². The highest BCUT2D eigenvalue weighted by atomic mass is 16.7. The van der Waals surface area contributed by atoms with Crippen molar-refractivity contribution >= 4 is 23.6 Å². The van der Waals surface area contributed by atoms with E-state index in [-0.39, 0.29) is 62.9 Å². The molecule has 3 aromatic carbocycles. The Labute approximate surface area is 429 Å². The van der Waals surface area contributed by atoms with Crippen LogP contribution in [0.5, 0.6) is 28.7 Å². The number of benzene rings is 3. The van der Waals surface area contributed by atoms with Gasteiger partial charge in [-0.05, 0) is 97.5 Å². The first-order valence-corrected chi connectivity index (χ1v) is 26.3. The van der Waals surface area contributed by atoms with Gasteiger partial charge in [-0.1, -0.05) is 101 Å². The highest BCUT2D eigenvalue weighted by Crippen LogP contribution is 2.62. The number of unbranched alkanes of at least 4 members (excludes halogenated alkanes) is 11. The monoisotopic (exact) mass is 1010 g/mol. The number of carbonyl (C=O) groups excluding carboxylic acids is 2. The molecule has 3 aromatic rings. The van der Waals surface area contributed by atoms with Crippen LogP contribution in [-0.4, -0.2) is 90.0 Å². The third kappa shape index (κ3) is 13.7. The van der Waals surface area contributed by atoms with Gasteiger partial charge in [-0.15, -0.1) is 6.58 Å². The van der Waals surface area contributed by atoms with Gasteiger partial charge in [0.05, 0.1) is 23.2 Å². The number of fused-ring (bicyclic) bond motifs is 3. The quantitative estimate of drug-likeness (QED) is 0.0256. The van der Waals surface area contributed by atoms with Crippen LogP contribution in [0.3, 0.4) is 0 Å². The standard InChI is InChI=1S/C56H74N4O13/c1-4-6-7-8-9-10-11-12-13-16-29-57-54(63)71-43-26-28-48-46(35-43)52-44(20-15-18-31-62)40(19-14-17-30-61)34-45-47(58-67-3)36-51(56(73-48,53(45)52)70-32-5-2)59(37-39-21-27-49-50(33-39)69-38-68-49)55(64)72-42-24-22-41(23-25-42)60(65)66/h5,21-28,33-35,40,44,51-53,61-62H,2,4,6-20,29-32,36-38H2,1,3H3,(H,57,63). The number of nitrogens with zero attached hydrogens (tertiary/aromatic N) is 3. The zero-order chi connectivity index (χ0) is 51.6. The number of nitrogens with one attached hydrogen (secondary N) is 1. The molecule has 6 unspecified atom stereocenters. The van der Waals surface area contributed by atoms with Crippen molar-refractivity contribution in [1.29, 1.82) is 0 Å². The lowest BCUT2D eigenvalue weighted by atomic mass is 9.55. The lowest BCUT2D eigenvalue weighted by molar-refractivity contribution is -0.384. The van der Waals surface area contributed by atoms with Crippen LogP contribution in [0.1, 0.15) is 133 Å². The Balaban J connectivity index is 1.28. The Morgan fingerprint density at radius 1 is 0.863 bits per heavy atom. The number of oxime groups is 1. The second-order valence-corrected chi connectivity index (χ2v) is 19.4. The average molecular weight is 1010 g/mol. The van der Waals surface area contributed by atoms with Gasteiger partial charge >= 0.3 is 12.2 Å². The summed E-state index contributed by atoms with van der Waals surface area (Å²) >= 11 is 0. The van der Waals surface area contributed by atoms with Gasteiger partial charge in [0.15, 0.2) is 11.5 Å². The number of rotatable bonds is 29. The van der Waals surface area contributed by atoms with Crippen LogP contribution in [0.25, 0.3) is 0 Å². The summed E-state index contributed by atoms with van der Waals surface area (Å²) in [6.45, 7) is 6.84. The summed E-state index contributed by atoms with van der Waals surface area (Å²) in [4.78, 5) is 46.7. The minimum absolute atomic E-state index is 0.0177. The molecule has 17 heteroatoms. The third-order valence-corrected chi connectivity index (χ3v) is 14.5. The van der Waals surface area contributed by atoms with Crippen LogP contribution in [0, 0.1) is 27.9 Å². The number of nitro benzene ring substituents is 1. The van der Waals surface area contributed by atoms with Gasteiger partial charge in [0.25, 0.3) is 5.69 Å². The molecule has 2 amide bonds. The maximum absolute atomic E-state index is 15.1. The Morgan fingerprint density at radius 2 is 1.55 bits per heavy atom. The Bertz CT molecular complexity index is 2380. The molecule has 0 aromatic heterocycles. The Hall–Kier alpha value is -6.17. The lowest BCUT2D eigenvalue weighted by Gasteiger charge is -2.59. The van der Waals surface area contributed by atoms with Crippen LogP contribution in [0.2, 0.25) is 0 Å². The number of amides is 2. The molecule has 396 valence electrons. The van der Waals surface area contributed by atoms with Crippen LogP contribution in [0.4, 0.5) is 15.3 Å². The van der Waals surface area contributed by atoms with Crippen molar-refractivity contribution in [2.75, 3.05) is 40.3 Å². The Morgan fingerprint density at radius 3 is 2.25 bits per heavy atom. The van der Waals surface area contributed by atoms with Crippen LogP contribution in [-0.2, 0) is 16.1 Å². The van der Waals surface area contributed by atoms with Gasteiger partial charge < -0.3 is 48.8 Å². The fraction of sp³-hybridized carbons (Fsp3) is 0.554. The van der Waals surface area contributed by atoms with E-state index in [1.807, 2.05) is 12.1 Å². The number of hydrogen-bond donors (Lipinski definition) is 3. The van der Waals surface area contributed by atoms with E-state index in [4.69, 9.17) is 33.3 Å². The van der Waals surface area contributed by atoms with Crippen LogP contribution < -0.4 is 29.0 Å². The van der Waals surface area contributed by atoms with Gasteiger partial charge in [-0.25, -0.2) is 9.59 Å². The van der Waals surface area contributed by atoms with Gasteiger partial charge in [-0.2, -0.15) is 0 Å². The Kier molecular flexibility index (Phi) is 20.4. The molecule has 2 heterocycles. The van der Waals surface area contributed by atoms with E-state index in [9.17, 15) is 25.1 Å². The molecule has 0 saturated heterocycles. The van der Waals surface area contributed by atoms with Gasteiger partial charge in [0.2, 0.25) is 12.6 Å². The highest BCUT2D eigenvalue weighted by molar-refractivity contribution is 6.03. The fourth-order valence-corrected chi connectivity index (χ4v) is 11.1. The maximum atomic E-state index is 15.1. The fourth-order valence-electron chi connectivity index (χ4n) is 11.1. The SMILES string of the molecule is C=CCOC12Oc3ccc(OC(=O)NCCCCCCCCCCCC)cc3C3C(CCCCO)C(CCCCO)C=C(C(=NOC)CC1N(Cc1ccc4c(c1)OCO4)C(=O)Oc1ccc([N+](=O)[O-])cc1)C32. The minimum Gasteiger partial charge on any atom is -0.459 e. The molecular formula is C56H74N4O13. The predicted molar refractivity (Wildman–Crippen MR) is 275 cm³/mol. The van der Waals surface area contributed by atoms with Crippen molar-refractivity contribution in [3.63, 3.8) is 0 Å². The predicted octanol–water partition coefficient (Wildman–Crippen LogP) is 11.3. The molecule has 2 aliphatic carbocycles. The van der Waals surface area contributed by atoms with Crippen LogP contribution in [0.15, 0.2) is 90.1 Å². The summed E-state index contributed by atoms with van der Waals surface area (Å²) in [5.41, 5.74) is 2.66. The zero-order valence-electron chi connectivity index (χ0n) is 42.5. The topological polar surface area (TPSA) is 210 Å². The summed E-state index contributed by atoms with van der Waals surface area (Å²) in [6.07, 6.45) is 18.5. The molecule has 6 atom stereocenters. The number of allylic oxidation sites excluding steroid dienone is 1. The summed E-state index contributed by atoms with van der Waals surface area (Å²) in [5.74, 6) is -0.879. The summed E-state index contributed by atoms with van der Waals surface area (Å²) in [7, 11) is 1.47. The maximum Gasteiger partial charge on any atom is 0.416 e. The third-order valence-electron chi connectivity index (χ3n) is 14.5. The van der Waals surface area contributed by atoms with Gasteiger partial charge in [0, 0.05) is 56.3 Å². The van der Waals surface area contributed by atoms with E-state index in [1.165, 1.54) is 81.2 Å². The second kappa shape index (κ2) is 27.2. The first-order chi connectivity index (χ1) is 35.6. The summed E-state index contributed by atoms with van der Waals surface area (Å²) in [5, 5.41) is 39.2. The second-order valence-electron chi connectivity index (χ2n) is 19.4. The molecule has 0 radical (unpaired) electrons. The number of nitro groups is 1. The lowest BCUT2D eigenvalue weighted by Crippen LogP contribution is -2.70. The summed E-state index contributed by atoms with van der Waals surface area (Å²) < 4.78 is 37.9.